The Labute approximate surface area is 142 Å². The van der Waals surface area contributed by atoms with E-state index in [-0.39, 0.29) is 4.90 Å². The van der Waals surface area contributed by atoms with Crippen LogP contribution in [-0.2, 0) is 10.1 Å². The standard InChI is InChI=1S/C18H27O3PS/c19-23(20,21)16-12-11-15(13-7-3-1-4-8-13)17(18(16)22)14-9-5-2-6-10-14/h11-14H,1-10,22H2,(H,19,20,21). The van der Waals surface area contributed by atoms with Crippen LogP contribution in [0.2, 0.25) is 0 Å². The Morgan fingerprint density at radius 2 is 1.39 bits per heavy atom. The molecule has 0 radical (unpaired) electrons. The fourth-order valence-corrected chi connectivity index (χ4v) is 6.05. The molecule has 2 fully saturated rings. The van der Waals surface area contributed by atoms with E-state index in [1.165, 1.54) is 62.5 Å². The smallest absolute Gasteiger partial charge is 0.282 e. The Bertz CT molecular complexity index is 657. The second-order valence-corrected chi connectivity index (χ2v) is 9.09. The fraction of sp³-hybridized carbons (Fsp3) is 0.667. The van der Waals surface area contributed by atoms with Crippen LogP contribution in [0.4, 0.5) is 0 Å². The van der Waals surface area contributed by atoms with Crippen molar-refractivity contribution in [1.29, 1.82) is 0 Å². The molecule has 0 aliphatic heterocycles. The molecule has 0 spiro atoms. The minimum Gasteiger partial charge on any atom is -0.282 e. The highest BCUT2D eigenvalue weighted by atomic mass is 32.2. The summed E-state index contributed by atoms with van der Waals surface area (Å²) in [6, 6.07) is 3.59. The summed E-state index contributed by atoms with van der Waals surface area (Å²) in [5.74, 6) is 0.991. The predicted molar refractivity (Wildman–Crippen MR) is 97.3 cm³/mol. The van der Waals surface area contributed by atoms with Crippen LogP contribution in [0.5, 0.6) is 0 Å². The molecule has 23 heavy (non-hydrogen) atoms. The Morgan fingerprint density at radius 1 is 0.870 bits per heavy atom. The van der Waals surface area contributed by atoms with Crippen LogP contribution < -0.4 is 5.30 Å². The van der Waals surface area contributed by atoms with Gasteiger partial charge >= 0.3 is 0 Å². The lowest BCUT2D eigenvalue weighted by Crippen LogP contribution is -2.22. The van der Waals surface area contributed by atoms with Gasteiger partial charge in [-0.15, -0.1) is 9.24 Å². The van der Waals surface area contributed by atoms with E-state index in [1.54, 1.807) is 6.07 Å². The van der Waals surface area contributed by atoms with E-state index in [1.807, 2.05) is 6.07 Å². The van der Waals surface area contributed by atoms with Gasteiger partial charge in [0.1, 0.15) is 4.90 Å². The fourth-order valence-electron chi connectivity index (χ4n) is 4.47. The molecule has 0 heterocycles. The van der Waals surface area contributed by atoms with Crippen LogP contribution in [0.15, 0.2) is 17.0 Å². The van der Waals surface area contributed by atoms with Crippen molar-refractivity contribution in [3.63, 3.8) is 0 Å². The molecule has 0 bridgehead atoms. The van der Waals surface area contributed by atoms with E-state index >= 15 is 0 Å². The molecule has 1 aromatic rings. The van der Waals surface area contributed by atoms with Crippen molar-refractivity contribution in [1.82, 2.24) is 0 Å². The van der Waals surface area contributed by atoms with Crippen LogP contribution in [0.1, 0.15) is 87.2 Å². The molecule has 0 amide bonds. The van der Waals surface area contributed by atoms with E-state index < -0.39 is 10.1 Å². The van der Waals surface area contributed by atoms with Gasteiger partial charge in [0, 0.05) is 0 Å². The summed E-state index contributed by atoms with van der Waals surface area (Å²) in [6.45, 7) is 0. The van der Waals surface area contributed by atoms with Crippen molar-refractivity contribution in [3.8, 4) is 0 Å². The van der Waals surface area contributed by atoms with Crippen molar-refractivity contribution in [2.75, 3.05) is 0 Å². The van der Waals surface area contributed by atoms with Crippen molar-refractivity contribution >= 4 is 24.7 Å². The SMILES string of the molecule is O=S(=O)(O)c1ccc(C2CCCCC2)c(C2CCCCC2)c1P. The first-order chi connectivity index (χ1) is 11.0. The van der Waals surface area contributed by atoms with Crippen LogP contribution in [-0.4, -0.2) is 13.0 Å². The van der Waals surface area contributed by atoms with E-state index in [2.05, 4.69) is 9.24 Å². The van der Waals surface area contributed by atoms with Gasteiger partial charge < -0.3 is 0 Å². The third-order valence-corrected chi connectivity index (χ3v) is 7.36. The summed E-state index contributed by atoms with van der Waals surface area (Å²) in [6.07, 6.45) is 12.2. The summed E-state index contributed by atoms with van der Waals surface area (Å²) < 4.78 is 33.0. The normalized spacial score (nSPS) is 21.5. The molecule has 1 unspecified atom stereocenters. The van der Waals surface area contributed by atoms with Gasteiger partial charge in [-0.2, -0.15) is 8.42 Å². The van der Waals surface area contributed by atoms with Crippen molar-refractivity contribution < 1.29 is 13.0 Å². The summed E-state index contributed by atoms with van der Waals surface area (Å²) in [5.41, 5.74) is 2.55. The highest BCUT2D eigenvalue weighted by Crippen LogP contribution is 2.41. The minimum atomic E-state index is -4.16. The van der Waals surface area contributed by atoms with Gasteiger partial charge in [0.05, 0.1) is 0 Å². The molecule has 5 heteroatoms. The molecule has 1 N–H and O–H groups in total. The summed E-state index contributed by atoms with van der Waals surface area (Å²) in [7, 11) is -1.54. The maximum absolute atomic E-state index is 11.7. The van der Waals surface area contributed by atoms with Gasteiger partial charge in [-0.1, -0.05) is 44.6 Å². The monoisotopic (exact) mass is 354 g/mol. The largest absolute Gasteiger partial charge is 0.295 e. The highest BCUT2D eigenvalue weighted by molar-refractivity contribution is 7.86. The van der Waals surface area contributed by atoms with E-state index in [9.17, 15) is 13.0 Å². The lowest BCUT2D eigenvalue weighted by atomic mass is 9.76. The Kier molecular flexibility index (Phi) is 5.45. The second kappa shape index (κ2) is 7.21. The maximum atomic E-state index is 11.7. The zero-order valence-electron chi connectivity index (χ0n) is 13.6. The quantitative estimate of drug-likeness (QED) is 0.641. The predicted octanol–water partition coefficient (Wildman–Crippen LogP) is 4.53. The minimum absolute atomic E-state index is 0.0719. The molecule has 0 saturated heterocycles. The van der Waals surface area contributed by atoms with Crippen molar-refractivity contribution in [2.45, 2.75) is 80.9 Å². The molecule has 3 nitrogen and oxygen atoms in total. The number of rotatable bonds is 3. The molecule has 0 aromatic heterocycles. The van der Waals surface area contributed by atoms with Crippen molar-refractivity contribution in [2.24, 2.45) is 0 Å². The first-order valence-corrected chi connectivity index (χ1v) is 10.9. The van der Waals surface area contributed by atoms with Gasteiger partial charge in [0.25, 0.3) is 10.1 Å². The topological polar surface area (TPSA) is 54.4 Å². The zero-order valence-corrected chi connectivity index (χ0v) is 15.6. The molecule has 2 saturated carbocycles. The molecule has 2 aliphatic carbocycles. The highest BCUT2D eigenvalue weighted by Gasteiger charge is 2.28. The Morgan fingerprint density at radius 3 is 1.91 bits per heavy atom. The zero-order chi connectivity index (χ0) is 16.4. The number of hydrogen-bond acceptors (Lipinski definition) is 2. The lowest BCUT2D eigenvalue weighted by molar-refractivity contribution is 0.419. The summed E-state index contributed by atoms with van der Waals surface area (Å²) in [5, 5.41) is 0.711. The summed E-state index contributed by atoms with van der Waals surface area (Å²) in [4.78, 5) is 0.0719. The lowest BCUT2D eigenvalue weighted by Gasteiger charge is -2.31. The third kappa shape index (κ3) is 3.81. The number of benzene rings is 1. The maximum Gasteiger partial charge on any atom is 0.295 e. The van der Waals surface area contributed by atoms with Gasteiger partial charge in [0.15, 0.2) is 0 Å². The van der Waals surface area contributed by atoms with Gasteiger partial charge in [0.2, 0.25) is 0 Å². The molecule has 3 rings (SSSR count). The molecule has 2 aliphatic rings. The van der Waals surface area contributed by atoms with Crippen LogP contribution >= 0.6 is 9.24 Å². The molecule has 1 aromatic carbocycles. The van der Waals surface area contributed by atoms with Crippen LogP contribution in [0.3, 0.4) is 0 Å². The molecular weight excluding hydrogens is 327 g/mol. The third-order valence-electron chi connectivity index (χ3n) is 5.62. The van der Waals surface area contributed by atoms with Crippen LogP contribution in [0.25, 0.3) is 0 Å². The van der Waals surface area contributed by atoms with E-state index in [4.69, 9.17) is 0 Å². The van der Waals surface area contributed by atoms with Crippen LogP contribution in [0, 0.1) is 0 Å². The van der Waals surface area contributed by atoms with Gasteiger partial charge in [-0.3, -0.25) is 4.55 Å². The summed E-state index contributed by atoms with van der Waals surface area (Å²) >= 11 is 0. The van der Waals surface area contributed by atoms with Gasteiger partial charge in [-0.05, 0) is 60.0 Å². The average Bonchev–Trinajstić information content (AvgIpc) is 2.55. The number of hydrogen-bond donors (Lipinski definition) is 1. The van der Waals surface area contributed by atoms with Gasteiger partial charge in [-0.25, -0.2) is 0 Å². The Hall–Kier alpha value is -0.440. The molecular formula is C18H27O3PS. The average molecular weight is 354 g/mol. The first-order valence-electron chi connectivity index (χ1n) is 8.88. The van der Waals surface area contributed by atoms with E-state index in [0.29, 0.717) is 17.1 Å². The van der Waals surface area contributed by atoms with Crippen molar-refractivity contribution in [3.05, 3.63) is 23.3 Å². The van der Waals surface area contributed by atoms with E-state index in [0.717, 1.165) is 12.8 Å². The molecule has 128 valence electrons. The first kappa shape index (κ1) is 17.4. The Balaban J connectivity index is 2.09. The second-order valence-electron chi connectivity index (χ2n) is 7.13. The molecule has 1 atom stereocenters.